The molecule has 2 rings (SSSR count). The predicted molar refractivity (Wildman–Crippen MR) is 70.3 cm³/mol. The molecular formula is C14H16ClNO. The van der Waals surface area contributed by atoms with Gasteiger partial charge in [-0.05, 0) is 49.7 Å². The summed E-state index contributed by atoms with van der Waals surface area (Å²) >= 11 is 5.92. The average molecular weight is 250 g/mol. The van der Waals surface area contributed by atoms with Crippen LogP contribution in [0.4, 0.5) is 0 Å². The van der Waals surface area contributed by atoms with Gasteiger partial charge in [0.2, 0.25) is 0 Å². The summed E-state index contributed by atoms with van der Waals surface area (Å²) in [6, 6.07) is 11.9. The zero-order valence-electron chi connectivity index (χ0n) is 9.87. The van der Waals surface area contributed by atoms with Gasteiger partial charge in [-0.15, -0.1) is 0 Å². The maximum atomic E-state index is 5.92. The van der Waals surface area contributed by atoms with Crippen LogP contribution in [-0.2, 0) is 13.0 Å². The summed E-state index contributed by atoms with van der Waals surface area (Å²) in [5.74, 6) is 1.94. The smallest absolute Gasteiger partial charge is 0.117 e. The molecule has 90 valence electrons. The number of halogens is 1. The molecule has 17 heavy (non-hydrogen) atoms. The van der Waals surface area contributed by atoms with Gasteiger partial charge in [-0.3, -0.25) is 0 Å². The summed E-state index contributed by atoms with van der Waals surface area (Å²) < 4.78 is 5.47. The second-order valence-electron chi connectivity index (χ2n) is 4.07. The van der Waals surface area contributed by atoms with Crippen molar-refractivity contribution in [2.75, 3.05) is 6.54 Å². The Kier molecular flexibility index (Phi) is 4.24. The lowest BCUT2D eigenvalue weighted by Crippen LogP contribution is -2.16. The molecule has 0 amide bonds. The standard InChI is InChI=1S/C14H16ClNO/c1-11-5-6-14(17-11)10-16-8-7-12-3-2-4-13(15)9-12/h2-6,9,16H,7-8,10H2,1H3. The molecule has 1 heterocycles. The minimum Gasteiger partial charge on any atom is -0.465 e. The van der Waals surface area contributed by atoms with Gasteiger partial charge in [0.1, 0.15) is 11.5 Å². The molecule has 0 saturated heterocycles. The maximum absolute atomic E-state index is 5.92. The highest BCUT2D eigenvalue weighted by Gasteiger charge is 1.98. The van der Waals surface area contributed by atoms with Gasteiger partial charge in [-0.25, -0.2) is 0 Å². The Morgan fingerprint density at radius 2 is 2.12 bits per heavy atom. The topological polar surface area (TPSA) is 25.2 Å². The van der Waals surface area contributed by atoms with Crippen molar-refractivity contribution in [3.63, 3.8) is 0 Å². The van der Waals surface area contributed by atoms with Crippen molar-refractivity contribution in [3.05, 3.63) is 58.5 Å². The first-order valence-corrected chi connectivity index (χ1v) is 6.12. The fourth-order valence-corrected chi connectivity index (χ4v) is 1.93. The van der Waals surface area contributed by atoms with Gasteiger partial charge in [0, 0.05) is 5.02 Å². The summed E-state index contributed by atoms with van der Waals surface area (Å²) in [6.45, 7) is 3.64. The Bertz CT molecular complexity index is 479. The third-order valence-electron chi connectivity index (χ3n) is 2.57. The molecule has 1 aromatic heterocycles. The Morgan fingerprint density at radius 1 is 1.24 bits per heavy atom. The van der Waals surface area contributed by atoms with E-state index in [-0.39, 0.29) is 0 Å². The van der Waals surface area contributed by atoms with Gasteiger partial charge < -0.3 is 9.73 Å². The van der Waals surface area contributed by atoms with Gasteiger partial charge in [0.25, 0.3) is 0 Å². The number of benzene rings is 1. The van der Waals surface area contributed by atoms with E-state index < -0.39 is 0 Å². The molecule has 0 aliphatic heterocycles. The van der Waals surface area contributed by atoms with Crippen LogP contribution in [0, 0.1) is 6.92 Å². The van der Waals surface area contributed by atoms with Crippen molar-refractivity contribution < 1.29 is 4.42 Å². The Labute approximate surface area is 107 Å². The summed E-state index contributed by atoms with van der Waals surface area (Å²) in [5.41, 5.74) is 1.25. The monoisotopic (exact) mass is 249 g/mol. The fraction of sp³-hybridized carbons (Fsp3) is 0.286. The van der Waals surface area contributed by atoms with E-state index in [1.165, 1.54) is 5.56 Å². The minimum absolute atomic E-state index is 0.772. The van der Waals surface area contributed by atoms with E-state index >= 15 is 0 Å². The summed E-state index contributed by atoms with van der Waals surface area (Å²) in [4.78, 5) is 0. The predicted octanol–water partition coefficient (Wildman–Crippen LogP) is 3.57. The summed E-state index contributed by atoms with van der Waals surface area (Å²) in [7, 11) is 0. The van der Waals surface area contributed by atoms with Crippen LogP contribution in [0.5, 0.6) is 0 Å². The van der Waals surface area contributed by atoms with Crippen LogP contribution in [0.3, 0.4) is 0 Å². The molecule has 0 unspecified atom stereocenters. The van der Waals surface area contributed by atoms with Gasteiger partial charge >= 0.3 is 0 Å². The molecule has 0 aliphatic rings. The molecule has 0 fully saturated rings. The lowest BCUT2D eigenvalue weighted by atomic mass is 10.1. The van der Waals surface area contributed by atoms with E-state index in [0.29, 0.717) is 0 Å². The third kappa shape index (κ3) is 3.91. The number of hydrogen-bond acceptors (Lipinski definition) is 2. The molecule has 0 atom stereocenters. The first-order chi connectivity index (χ1) is 8.24. The van der Waals surface area contributed by atoms with Gasteiger partial charge in [-0.2, -0.15) is 0 Å². The van der Waals surface area contributed by atoms with Crippen molar-refractivity contribution in [1.29, 1.82) is 0 Å². The second kappa shape index (κ2) is 5.89. The SMILES string of the molecule is Cc1ccc(CNCCc2cccc(Cl)c2)o1. The first-order valence-electron chi connectivity index (χ1n) is 5.74. The van der Waals surface area contributed by atoms with Crippen LogP contribution >= 0.6 is 11.6 Å². The number of furan rings is 1. The number of hydrogen-bond donors (Lipinski definition) is 1. The van der Waals surface area contributed by atoms with E-state index in [1.807, 2.05) is 37.3 Å². The molecule has 1 N–H and O–H groups in total. The molecular weight excluding hydrogens is 234 g/mol. The van der Waals surface area contributed by atoms with E-state index in [9.17, 15) is 0 Å². The second-order valence-corrected chi connectivity index (χ2v) is 4.51. The zero-order valence-corrected chi connectivity index (χ0v) is 10.6. The summed E-state index contributed by atoms with van der Waals surface area (Å²) in [6.07, 6.45) is 0.972. The molecule has 0 bridgehead atoms. The molecule has 1 aromatic carbocycles. The Morgan fingerprint density at radius 3 is 2.82 bits per heavy atom. The Hall–Kier alpha value is -1.25. The van der Waals surface area contributed by atoms with Crippen LogP contribution in [0.1, 0.15) is 17.1 Å². The lowest BCUT2D eigenvalue weighted by molar-refractivity contribution is 0.463. The number of rotatable bonds is 5. The van der Waals surface area contributed by atoms with Crippen molar-refractivity contribution >= 4 is 11.6 Å². The number of aryl methyl sites for hydroxylation is 1. The van der Waals surface area contributed by atoms with Gasteiger partial charge in [0.15, 0.2) is 0 Å². The van der Waals surface area contributed by atoms with Crippen LogP contribution < -0.4 is 5.32 Å². The largest absolute Gasteiger partial charge is 0.465 e. The van der Waals surface area contributed by atoms with Crippen LogP contribution in [0.25, 0.3) is 0 Å². The molecule has 0 radical (unpaired) electrons. The molecule has 3 heteroatoms. The maximum Gasteiger partial charge on any atom is 0.117 e. The van der Waals surface area contributed by atoms with Crippen molar-refractivity contribution in [1.82, 2.24) is 5.32 Å². The number of nitrogens with one attached hydrogen (secondary N) is 1. The van der Waals surface area contributed by atoms with E-state index in [1.54, 1.807) is 0 Å². The van der Waals surface area contributed by atoms with Crippen LogP contribution in [-0.4, -0.2) is 6.54 Å². The van der Waals surface area contributed by atoms with Crippen molar-refractivity contribution in [2.45, 2.75) is 19.9 Å². The Balaban J connectivity index is 1.73. The lowest BCUT2D eigenvalue weighted by Gasteiger charge is -2.03. The molecule has 0 saturated carbocycles. The highest BCUT2D eigenvalue weighted by Crippen LogP contribution is 2.11. The zero-order chi connectivity index (χ0) is 12.1. The quantitative estimate of drug-likeness (QED) is 0.820. The van der Waals surface area contributed by atoms with E-state index in [0.717, 1.165) is 36.1 Å². The van der Waals surface area contributed by atoms with E-state index in [2.05, 4.69) is 11.4 Å². The van der Waals surface area contributed by atoms with Crippen LogP contribution in [0.2, 0.25) is 5.02 Å². The minimum atomic E-state index is 0.772. The highest BCUT2D eigenvalue weighted by atomic mass is 35.5. The normalized spacial score (nSPS) is 10.7. The molecule has 0 spiro atoms. The van der Waals surface area contributed by atoms with Gasteiger partial charge in [-0.1, -0.05) is 23.7 Å². The molecule has 0 aliphatic carbocycles. The van der Waals surface area contributed by atoms with Crippen molar-refractivity contribution in [3.8, 4) is 0 Å². The van der Waals surface area contributed by atoms with Crippen LogP contribution in [0.15, 0.2) is 40.8 Å². The van der Waals surface area contributed by atoms with Gasteiger partial charge in [0.05, 0.1) is 6.54 Å². The average Bonchev–Trinajstić information content (AvgIpc) is 2.71. The van der Waals surface area contributed by atoms with E-state index in [4.69, 9.17) is 16.0 Å². The fourth-order valence-electron chi connectivity index (χ4n) is 1.72. The summed E-state index contributed by atoms with van der Waals surface area (Å²) in [5, 5.41) is 4.14. The third-order valence-corrected chi connectivity index (χ3v) is 2.81. The van der Waals surface area contributed by atoms with Crippen molar-refractivity contribution in [2.24, 2.45) is 0 Å². The first kappa shape index (κ1) is 12.2. The molecule has 2 nitrogen and oxygen atoms in total. The molecule has 2 aromatic rings. The highest BCUT2D eigenvalue weighted by molar-refractivity contribution is 6.30.